The van der Waals surface area contributed by atoms with Gasteiger partial charge < -0.3 is 5.32 Å². The molecule has 0 radical (unpaired) electrons. The second-order valence-corrected chi connectivity index (χ2v) is 8.46. The Hall–Kier alpha value is -2.62. The number of alkyl halides is 3. The number of nitrogens with one attached hydrogen (secondary N) is 1. The highest BCUT2D eigenvalue weighted by Gasteiger charge is 2.30. The molecule has 0 aliphatic rings. The smallest absolute Gasteiger partial charge is 0.369 e. The summed E-state index contributed by atoms with van der Waals surface area (Å²) in [6.07, 6.45) is 12.3. The molecular weight excluding hydrogens is 425 g/mol. The fourth-order valence-electron chi connectivity index (χ4n) is 3.79. The summed E-state index contributed by atoms with van der Waals surface area (Å²) in [5.74, 6) is 0.507. The van der Waals surface area contributed by atoms with E-state index in [1.165, 1.54) is 82.5 Å². The first-order chi connectivity index (χ1) is 16.0. The number of rotatable bonds is 15. The third-order valence-corrected chi connectivity index (χ3v) is 5.73. The summed E-state index contributed by atoms with van der Waals surface area (Å²) in [6, 6.07) is 6.81. The third-order valence-electron chi connectivity index (χ3n) is 5.73. The molecule has 1 aromatic carbocycles. The van der Waals surface area contributed by atoms with Crippen molar-refractivity contribution in [3.05, 3.63) is 41.9 Å². The second kappa shape index (κ2) is 14.5. The summed E-state index contributed by atoms with van der Waals surface area (Å²) < 4.78 is 38.5. The number of nitrogens with zero attached hydrogens (tertiary/aromatic N) is 3. The van der Waals surface area contributed by atoms with Crippen LogP contribution in [0.25, 0.3) is 11.1 Å². The molecule has 0 fully saturated rings. The Balaban J connectivity index is 1.75. The van der Waals surface area contributed by atoms with E-state index in [-0.39, 0.29) is 5.82 Å². The Morgan fingerprint density at radius 2 is 1.39 bits per heavy atom. The zero-order valence-corrected chi connectivity index (χ0v) is 19.6. The minimum absolute atomic E-state index is 0.0304. The molecule has 0 aliphatic carbocycles. The summed E-state index contributed by atoms with van der Waals surface area (Å²) in [6.45, 7) is 2.93. The van der Waals surface area contributed by atoms with Crippen LogP contribution in [0.4, 0.5) is 19.0 Å². The largest absolute Gasteiger partial charge is 0.416 e. The highest BCUT2D eigenvalue weighted by atomic mass is 19.4. The number of unbranched alkanes of at least 4 members (excludes halogenated alkanes) is 11. The van der Waals surface area contributed by atoms with Crippen LogP contribution in [0.1, 0.15) is 95.4 Å². The zero-order chi connectivity index (χ0) is 23.9. The van der Waals surface area contributed by atoms with Crippen LogP contribution in [0.5, 0.6) is 0 Å². The first-order valence-electron chi connectivity index (χ1n) is 12.1. The first-order valence-corrected chi connectivity index (χ1v) is 12.1. The van der Waals surface area contributed by atoms with Crippen molar-refractivity contribution >= 4 is 5.82 Å². The predicted molar refractivity (Wildman–Crippen MR) is 127 cm³/mol. The Labute approximate surface area is 195 Å². The van der Waals surface area contributed by atoms with Crippen LogP contribution in [-0.2, 0) is 6.18 Å². The lowest BCUT2D eigenvalue weighted by Crippen LogP contribution is -2.07. The number of hydrogen-bond donors (Lipinski definition) is 1. The topological polar surface area (TPSA) is 61.6 Å². The van der Waals surface area contributed by atoms with Crippen LogP contribution < -0.4 is 5.32 Å². The molecular formula is C26H35F3N4. The van der Waals surface area contributed by atoms with Crippen molar-refractivity contribution in [2.45, 2.75) is 90.1 Å². The van der Waals surface area contributed by atoms with Gasteiger partial charge in [-0.1, -0.05) is 89.7 Å². The number of aromatic nitrogens is 2. The van der Waals surface area contributed by atoms with Crippen LogP contribution >= 0.6 is 0 Å². The van der Waals surface area contributed by atoms with E-state index in [1.54, 1.807) is 0 Å². The number of benzene rings is 1. The van der Waals surface area contributed by atoms with Crippen LogP contribution in [0.2, 0.25) is 0 Å². The normalized spacial score (nSPS) is 11.4. The minimum atomic E-state index is -4.38. The first kappa shape index (κ1) is 26.6. The van der Waals surface area contributed by atoms with Gasteiger partial charge in [0.1, 0.15) is 11.9 Å². The van der Waals surface area contributed by atoms with Crippen molar-refractivity contribution in [1.82, 2.24) is 9.97 Å². The van der Waals surface area contributed by atoms with E-state index in [0.29, 0.717) is 23.5 Å². The molecule has 180 valence electrons. The van der Waals surface area contributed by atoms with Gasteiger partial charge >= 0.3 is 6.18 Å². The van der Waals surface area contributed by atoms with E-state index in [4.69, 9.17) is 5.26 Å². The fraction of sp³-hybridized carbons (Fsp3) is 0.577. The molecule has 0 spiro atoms. The van der Waals surface area contributed by atoms with Gasteiger partial charge in [0.15, 0.2) is 0 Å². The highest BCUT2D eigenvalue weighted by Crippen LogP contribution is 2.32. The molecule has 1 aromatic heterocycles. The molecule has 0 aliphatic heterocycles. The van der Waals surface area contributed by atoms with Gasteiger partial charge in [-0.2, -0.15) is 18.4 Å². The quantitative estimate of drug-likeness (QED) is 0.272. The highest BCUT2D eigenvalue weighted by molar-refractivity contribution is 5.74. The maximum absolute atomic E-state index is 12.8. The van der Waals surface area contributed by atoms with Crippen LogP contribution in [0.3, 0.4) is 0 Å². The van der Waals surface area contributed by atoms with Gasteiger partial charge in [-0.25, -0.2) is 9.97 Å². The molecule has 0 saturated heterocycles. The van der Waals surface area contributed by atoms with Crippen LogP contribution in [0, 0.1) is 11.3 Å². The van der Waals surface area contributed by atoms with Gasteiger partial charge in [0.2, 0.25) is 5.82 Å². The van der Waals surface area contributed by atoms with E-state index < -0.39 is 11.7 Å². The number of nitriles is 1. The maximum atomic E-state index is 12.8. The average molecular weight is 461 g/mol. The summed E-state index contributed by atoms with van der Waals surface area (Å²) >= 11 is 0. The van der Waals surface area contributed by atoms with Crippen molar-refractivity contribution < 1.29 is 13.2 Å². The molecule has 1 heterocycles. The Bertz CT molecular complexity index is 857. The van der Waals surface area contributed by atoms with Crippen LogP contribution in [0.15, 0.2) is 30.5 Å². The van der Waals surface area contributed by atoms with Crippen LogP contribution in [-0.4, -0.2) is 16.5 Å². The molecule has 0 saturated carbocycles. The molecule has 0 amide bonds. The van der Waals surface area contributed by atoms with Gasteiger partial charge in [0.05, 0.1) is 5.56 Å². The van der Waals surface area contributed by atoms with Gasteiger partial charge in [0, 0.05) is 18.3 Å². The zero-order valence-electron chi connectivity index (χ0n) is 19.6. The molecule has 1 N–H and O–H groups in total. The molecule has 0 atom stereocenters. The second-order valence-electron chi connectivity index (χ2n) is 8.46. The summed E-state index contributed by atoms with van der Waals surface area (Å²) in [5.41, 5.74) is 0.457. The third kappa shape index (κ3) is 9.81. The van der Waals surface area contributed by atoms with Crippen molar-refractivity contribution in [3.8, 4) is 17.2 Å². The lowest BCUT2D eigenvalue weighted by atomic mass is 10.0. The van der Waals surface area contributed by atoms with Crippen molar-refractivity contribution in [2.24, 2.45) is 0 Å². The van der Waals surface area contributed by atoms with E-state index in [0.717, 1.165) is 25.0 Å². The molecule has 2 aromatic rings. The Morgan fingerprint density at radius 3 is 1.91 bits per heavy atom. The Kier molecular flexibility index (Phi) is 11.7. The molecule has 0 bridgehead atoms. The molecule has 0 unspecified atom stereocenters. The van der Waals surface area contributed by atoms with Gasteiger partial charge in [-0.05, 0) is 24.1 Å². The van der Waals surface area contributed by atoms with E-state index >= 15 is 0 Å². The van der Waals surface area contributed by atoms with Gasteiger partial charge in [0.25, 0.3) is 0 Å². The molecule has 7 heteroatoms. The monoisotopic (exact) mass is 460 g/mol. The van der Waals surface area contributed by atoms with Gasteiger partial charge in [-0.15, -0.1) is 0 Å². The SMILES string of the molecule is CCCCCCCCCCCCCCNc1nc(C#N)ncc1-c1ccc(C(F)(F)F)cc1. The van der Waals surface area contributed by atoms with E-state index in [2.05, 4.69) is 22.2 Å². The summed E-state index contributed by atoms with van der Waals surface area (Å²) in [7, 11) is 0. The lowest BCUT2D eigenvalue weighted by molar-refractivity contribution is -0.137. The Morgan fingerprint density at radius 1 is 0.848 bits per heavy atom. The summed E-state index contributed by atoms with van der Waals surface area (Å²) in [4.78, 5) is 8.21. The fourth-order valence-corrected chi connectivity index (χ4v) is 3.79. The molecule has 33 heavy (non-hydrogen) atoms. The van der Waals surface area contributed by atoms with Crippen molar-refractivity contribution in [3.63, 3.8) is 0 Å². The predicted octanol–water partition coefficient (Wildman–Crippen LogP) is 8.15. The van der Waals surface area contributed by atoms with E-state index in [9.17, 15) is 13.2 Å². The standard InChI is InChI=1S/C26H35F3N4/c1-2-3-4-5-6-7-8-9-10-11-12-13-18-31-25-23(20-32-24(19-30)33-25)21-14-16-22(17-15-21)26(27,28)29/h14-17,20H,2-13,18H2,1H3,(H,31,32,33). The number of anilines is 1. The average Bonchev–Trinajstić information content (AvgIpc) is 2.81. The lowest BCUT2D eigenvalue weighted by Gasteiger charge is -2.12. The van der Waals surface area contributed by atoms with Gasteiger partial charge in [-0.3, -0.25) is 0 Å². The molecule has 4 nitrogen and oxygen atoms in total. The number of hydrogen-bond acceptors (Lipinski definition) is 4. The van der Waals surface area contributed by atoms with Crippen molar-refractivity contribution in [1.29, 1.82) is 5.26 Å². The maximum Gasteiger partial charge on any atom is 0.416 e. The summed E-state index contributed by atoms with van der Waals surface area (Å²) in [5, 5.41) is 12.3. The van der Waals surface area contributed by atoms with Crippen molar-refractivity contribution in [2.75, 3.05) is 11.9 Å². The minimum Gasteiger partial charge on any atom is -0.369 e. The molecule has 2 rings (SSSR count). The van der Waals surface area contributed by atoms with E-state index in [1.807, 2.05) is 6.07 Å². The number of halogens is 3.